The number of piperidine rings is 1. The van der Waals surface area contributed by atoms with Crippen LogP contribution < -0.4 is 0 Å². The Morgan fingerprint density at radius 2 is 2.31 bits per heavy atom. The van der Waals surface area contributed by atoms with Gasteiger partial charge in [0.05, 0.1) is 12.1 Å². The second-order valence-electron chi connectivity index (χ2n) is 3.25. The van der Waals surface area contributed by atoms with Crippen molar-refractivity contribution in [1.29, 1.82) is 0 Å². The Bertz CT molecular complexity index is 215. The van der Waals surface area contributed by atoms with E-state index in [1.54, 1.807) is 0 Å². The number of amides is 1. The van der Waals surface area contributed by atoms with Crippen LogP contribution in [0, 0.1) is 0 Å². The van der Waals surface area contributed by atoms with Crippen LogP contribution >= 0.6 is 0 Å². The molecule has 4 nitrogen and oxygen atoms in total. The predicted molar refractivity (Wildman–Crippen MR) is 48.6 cm³/mol. The zero-order valence-electron chi connectivity index (χ0n) is 7.68. The van der Waals surface area contributed by atoms with Gasteiger partial charge >= 0.3 is 6.09 Å². The highest BCUT2D eigenvalue weighted by molar-refractivity contribution is 5.66. The topological polar surface area (TPSA) is 60.8 Å². The number of carboxylic acid groups (broad SMARTS) is 1. The van der Waals surface area contributed by atoms with E-state index >= 15 is 0 Å². The van der Waals surface area contributed by atoms with E-state index in [0.717, 1.165) is 0 Å². The molecule has 1 amide bonds. The van der Waals surface area contributed by atoms with Crippen LogP contribution in [0.3, 0.4) is 0 Å². The first kappa shape index (κ1) is 10.1. The summed E-state index contributed by atoms with van der Waals surface area (Å²) < 4.78 is 0. The van der Waals surface area contributed by atoms with Crippen molar-refractivity contribution >= 4 is 6.09 Å². The molecule has 0 radical (unpaired) electrons. The summed E-state index contributed by atoms with van der Waals surface area (Å²) >= 11 is 0. The highest BCUT2D eigenvalue weighted by Crippen LogP contribution is 2.18. The molecule has 2 N–H and O–H groups in total. The summed E-state index contributed by atoms with van der Waals surface area (Å²) in [5.74, 6) is 0. The fourth-order valence-electron chi connectivity index (χ4n) is 1.62. The van der Waals surface area contributed by atoms with Crippen LogP contribution in [-0.4, -0.2) is 39.9 Å². The fourth-order valence-corrected chi connectivity index (χ4v) is 1.62. The van der Waals surface area contributed by atoms with Gasteiger partial charge in [-0.25, -0.2) is 4.79 Å². The summed E-state index contributed by atoms with van der Waals surface area (Å²) in [4.78, 5) is 12.1. The monoisotopic (exact) mass is 185 g/mol. The third-order valence-electron chi connectivity index (χ3n) is 2.28. The normalized spacial score (nSPS) is 29.5. The first-order valence-corrected chi connectivity index (χ1v) is 4.45. The second-order valence-corrected chi connectivity index (χ2v) is 3.25. The van der Waals surface area contributed by atoms with Gasteiger partial charge < -0.3 is 15.1 Å². The Morgan fingerprint density at radius 1 is 1.62 bits per heavy atom. The average molecular weight is 185 g/mol. The molecule has 74 valence electrons. The lowest BCUT2D eigenvalue weighted by molar-refractivity contribution is 0.0569. The van der Waals surface area contributed by atoms with Crippen molar-refractivity contribution in [2.24, 2.45) is 0 Å². The number of hydrogen-bond acceptors (Lipinski definition) is 2. The number of aliphatic hydroxyl groups is 1. The summed E-state index contributed by atoms with van der Waals surface area (Å²) in [5.41, 5.74) is 0. The molecular formula is C9H15NO3. The Kier molecular flexibility index (Phi) is 3.31. The van der Waals surface area contributed by atoms with Crippen molar-refractivity contribution in [1.82, 2.24) is 4.90 Å². The maximum atomic E-state index is 10.8. The maximum absolute atomic E-state index is 10.8. The molecule has 1 fully saturated rings. The van der Waals surface area contributed by atoms with Crippen molar-refractivity contribution in [3.05, 3.63) is 12.2 Å². The molecule has 13 heavy (non-hydrogen) atoms. The molecule has 1 saturated heterocycles. The lowest BCUT2D eigenvalue weighted by Gasteiger charge is -2.34. The smallest absolute Gasteiger partial charge is 0.407 e. The highest BCUT2D eigenvalue weighted by Gasteiger charge is 2.28. The van der Waals surface area contributed by atoms with Crippen molar-refractivity contribution in [3.63, 3.8) is 0 Å². The third kappa shape index (κ3) is 2.45. The molecule has 0 aromatic rings. The molecule has 0 aromatic carbocycles. The summed E-state index contributed by atoms with van der Waals surface area (Å²) in [5, 5.41) is 18.2. The van der Waals surface area contributed by atoms with Gasteiger partial charge in [0.25, 0.3) is 0 Å². The van der Waals surface area contributed by atoms with Crippen LogP contribution in [0.1, 0.15) is 19.8 Å². The largest absolute Gasteiger partial charge is 0.465 e. The van der Waals surface area contributed by atoms with Crippen LogP contribution in [0.25, 0.3) is 0 Å². The molecule has 4 heteroatoms. The zero-order valence-corrected chi connectivity index (χ0v) is 7.68. The van der Waals surface area contributed by atoms with E-state index in [1.807, 2.05) is 19.1 Å². The summed E-state index contributed by atoms with van der Waals surface area (Å²) in [7, 11) is 0. The van der Waals surface area contributed by atoms with Crippen LogP contribution in [-0.2, 0) is 0 Å². The van der Waals surface area contributed by atoms with Crippen molar-refractivity contribution < 1.29 is 15.0 Å². The van der Waals surface area contributed by atoms with E-state index in [9.17, 15) is 9.90 Å². The molecule has 0 aromatic heterocycles. The van der Waals surface area contributed by atoms with Crippen molar-refractivity contribution in [3.8, 4) is 0 Å². The molecule has 1 aliphatic rings. The number of rotatable bonds is 1. The van der Waals surface area contributed by atoms with E-state index in [2.05, 4.69) is 0 Å². The molecule has 1 rings (SSSR count). The molecule has 1 aliphatic heterocycles. The Morgan fingerprint density at radius 3 is 2.85 bits per heavy atom. The number of aliphatic hydroxyl groups excluding tert-OH is 1. The molecule has 0 spiro atoms. The summed E-state index contributed by atoms with van der Waals surface area (Å²) in [6.07, 6.45) is 3.42. The number of hydrogen-bond donors (Lipinski definition) is 2. The van der Waals surface area contributed by atoms with Gasteiger partial charge in [0.15, 0.2) is 0 Å². The quantitative estimate of drug-likeness (QED) is 0.600. The first-order valence-electron chi connectivity index (χ1n) is 4.45. The minimum absolute atomic E-state index is 0.161. The van der Waals surface area contributed by atoms with Crippen LogP contribution in [0.4, 0.5) is 4.79 Å². The van der Waals surface area contributed by atoms with Gasteiger partial charge in [0.1, 0.15) is 0 Å². The summed E-state index contributed by atoms with van der Waals surface area (Å²) in [6.45, 7) is 2.27. The van der Waals surface area contributed by atoms with Gasteiger partial charge in [0, 0.05) is 6.54 Å². The lowest BCUT2D eigenvalue weighted by atomic mass is 10.00. The Labute approximate surface area is 77.5 Å². The SMILES string of the molecule is CC=CC1CC(O)CCN1C(=O)O. The molecule has 0 saturated carbocycles. The van der Waals surface area contributed by atoms with Crippen molar-refractivity contribution in [2.75, 3.05) is 6.54 Å². The molecule has 0 aliphatic carbocycles. The molecule has 2 atom stereocenters. The van der Waals surface area contributed by atoms with E-state index < -0.39 is 6.09 Å². The van der Waals surface area contributed by atoms with Crippen LogP contribution in [0.15, 0.2) is 12.2 Å². The van der Waals surface area contributed by atoms with Gasteiger partial charge in [0.2, 0.25) is 0 Å². The molecule has 1 heterocycles. The van der Waals surface area contributed by atoms with Gasteiger partial charge in [-0.15, -0.1) is 0 Å². The number of carbonyl (C=O) groups is 1. The van der Waals surface area contributed by atoms with Gasteiger partial charge in [-0.2, -0.15) is 0 Å². The van der Waals surface area contributed by atoms with E-state index in [1.165, 1.54) is 4.90 Å². The van der Waals surface area contributed by atoms with E-state index in [-0.39, 0.29) is 12.1 Å². The first-order chi connectivity index (χ1) is 6.15. The zero-order chi connectivity index (χ0) is 9.84. The predicted octanol–water partition coefficient (Wildman–Crippen LogP) is 1.07. The third-order valence-corrected chi connectivity index (χ3v) is 2.28. The standard InChI is InChI=1S/C9H15NO3/c1-2-3-7-6-8(11)4-5-10(7)9(12)13/h2-3,7-8,11H,4-6H2,1H3,(H,12,13). The van der Waals surface area contributed by atoms with Gasteiger partial charge in [-0.1, -0.05) is 12.2 Å². The fraction of sp³-hybridized carbons (Fsp3) is 0.667. The van der Waals surface area contributed by atoms with Crippen molar-refractivity contribution in [2.45, 2.75) is 31.9 Å². The van der Waals surface area contributed by atoms with Crippen LogP contribution in [0.5, 0.6) is 0 Å². The number of allylic oxidation sites excluding steroid dienone is 1. The minimum atomic E-state index is -0.907. The molecular weight excluding hydrogens is 170 g/mol. The molecule has 0 bridgehead atoms. The lowest BCUT2D eigenvalue weighted by Crippen LogP contribution is -2.45. The Balaban J connectivity index is 2.65. The average Bonchev–Trinajstić information content (AvgIpc) is 2.04. The summed E-state index contributed by atoms with van der Waals surface area (Å²) in [6, 6.07) is -0.161. The minimum Gasteiger partial charge on any atom is -0.465 e. The van der Waals surface area contributed by atoms with Gasteiger partial charge in [-0.05, 0) is 19.8 Å². The van der Waals surface area contributed by atoms with E-state index in [0.29, 0.717) is 19.4 Å². The Hall–Kier alpha value is -1.03. The number of nitrogens with zero attached hydrogens (tertiary/aromatic N) is 1. The molecule has 2 unspecified atom stereocenters. The van der Waals surface area contributed by atoms with Crippen LogP contribution in [0.2, 0.25) is 0 Å². The highest BCUT2D eigenvalue weighted by atomic mass is 16.4. The second kappa shape index (κ2) is 4.28. The number of likely N-dealkylation sites (tertiary alicyclic amines) is 1. The maximum Gasteiger partial charge on any atom is 0.407 e. The van der Waals surface area contributed by atoms with E-state index in [4.69, 9.17) is 5.11 Å². The van der Waals surface area contributed by atoms with Gasteiger partial charge in [-0.3, -0.25) is 0 Å².